The monoisotopic (exact) mass is 290 g/mol. The predicted molar refractivity (Wildman–Crippen MR) is 75.1 cm³/mol. The summed E-state index contributed by atoms with van der Waals surface area (Å²) in [6.45, 7) is 3.12. The van der Waals surface area contributed by atoms with Crippen molar-refractivity contribution in [3.8, 4) is 0 Å². The summed E-state index contributed by atoms with van der Waals surface area (Å²) in [5, 5.41) is 6.41. The number of amides is 1. The Hall–Kier alpha value is -1.20. The van der Waals surface area contributed by atoms with Crippen LogP contribution in [0.3, 0.4) is 0 Å². The zero-order valence-corrected chi connectivity index (χ0v) is 11.6. The van der Waals surface area contributed by atoms with E-state index in [1.165, 1.54) is 6.07 Å². The predicted octanol–water partition coefficient (Wildman–Crippen LogP) is 2.30. The number of carbonyl (C=O) groups excluding carboxylic acids is 1. The smallest absolute Gasteiger partial charge is 0.221 e. The highest BCUT2D eigenvalue weighted by molar-refractivity contribution is 6.37. The Bertz CT molecular complexity index is 426. The number of halogens is 2. The summed E-state index contributed by atoms with van der Waals surface area (Å²) >= 11 is 11.7. The number of hydrogen-bond acceptors (Lipinski definition) is 4. The molecule has 5 nitrogen and oxygen atoms in total. The normalized spacial score (nSPS) is 10.2. The van der Waals surface area contributed by atoms with Crippen molar-refractivity contribution in [2.75, 3.05) is 24.1 Å². The third-order valence-electron chi connectivity index (χ3n) is 2.17. The first-order valence-electron chi connectivity index (χ1n) is 5.66. The molecule has 1 aromatic rings. The van der Waals surface area contributed by atoms with Gasteiger partial charge in [0.15, 0.2) is 0 Å². The van der Waals surface area contributed by atoms with E-state index in [0.717, 1.165) is 6.42 Å². The largest absolute Gasteiger partial charge is 0.382 e. The van der Waals surface area contributed by atoms with Gasteiger partial charge < -0.3 is 16.4 Å². The van der Waals surface area contributed by atoms with Crippen LogP contribution in [0.1, 0.15) is 19.8 Å². The highest BCUT2D eigenvalue weighted by Crippen LogP contribution is 2.27. The van der Waals surface area contributed by atoms with Crippen molar-refractivity contribution in [3.63, 3.8) is 0 Å². The van der Waals surface area contributed by atoms with Crippen LogP contribution >= 0.6 is 23.2 Å². The number of aromatic nitrogens is 1. The number of nitrogens with two attached hydrogens (primary N) is 1. The molecule has 0 bridgehead atoms. The second-order valence-corrected chi connectivity index (χ2v) is 4.53. The standard InChI is InChI=1S/C11H16Cl2N4O/c1-2-4-15-9(18)3-5-16-11-8(13)6-7(12)10(14)17-11/h6H,2-5H2,1H3,(H,15,18)(H3,14,16,17). The minimum absolute atomic E-state index is 0.0117. The van der Waals surface area contributed by atoms with Crippen molar-refractivity contribution in [2.45, 2.75) is 19.8 Å². The Labute approximate surface area is 116 Å². The number of nitrogen functional groups attached to an aromatic ring is 1. The first-order chi connectivity index (χ1) is 8.54. The molecule has 0 saturated heterocycles. The molecule has 0 aromatic carbocycles. The number of pyridine rings is 1. The lowest BCUT2D eigenvalue weighted by Gasteiger charge is -2.09. The van der Waals surface area contributed by atoms with Crippen molar-refractivity contribution < 1.29 is 4.79 Å². The summed E-state index contributed by atoms with van der Waals surface area (Å²) in [5.74, 6) is 0.628. The Kier molecular flexibility index (Phi) is 6.01. The molecular weight excluding hydrogens is 275 g/mol. The molecule has 1 aromatic heterocycles. The lowest BCUT2D eigenvalue weighted by atomic mass is 10.3. The van der Waals surface area contributed by atoms with Crippen LogP contribution < -0.4 is 16.4 Å². The van der Waals surface area contributed by atoms with Gasteiger partial charge in [-0.3, -0.25) is 4.79 Å². The molecular formula is C11H16Cl2N4O. The Morgan fingerprint density at radius 2 is 2.11 bits per heavy atom. The minimum atomic E-state index is -0.0117. The first kappa shape index (κ1) is 14.9. The molecule has 0 saturated carbocycles. The summed E-state index contributed by atoms with van der Waals surface area (Å²) in [7, 11) is 0. The topological polar surface area (TPSA) is 80.0 Å². The summed E-state index contributed by atoms with van der Waals surface area (Å²) in [4.78, 5) is 15.4. The molecule has 18 heavy (non-hydrogen) atoms. The van der Waals surface area contributed by atoms with Crippen LogP contribution in [0.15, 0.2) is 6.07 Å². The molecule has 4 N–H and O–H groups in total. The van der Waals surface area contributed by atoms with Crippen LogP contribution in [0.4, 0.5) is 11.6 Å². The van der Waals surface area contributed by atoms with Gasteiger partial charge in [-0.25, -0.2) is 4.98 Å². The van der Waals surface area contributed by atoms with Gasteiger partial charge in [-0.1, -0.05) is 30.1 Å². The van der Waals surface area contributed by atoms with Crippen molar-refractivity contribution in [1.82, 2.24) is 10.3 Å². The second-order valence-electron chi connectivity index (χ2n) is 3.71. The van der Waals surface area contributed by atoms with Crippen molar-refractivity contribution in [2.24, 2.45) is 0 Å². The van der Waals surface area contributed by atoms with Gasteiger partial charge in [-0.05, 0) is 12.5 Å². The average Bonchev–Trinajstić information content (AvgIpc) is 2.33. The lowest BCUT2D eigenvalue weighted by molar-refractivity contribution is -0.120. The van der Waals surface area contributed by atoms with E-state index >= 15 is 0 Å². The van der Waals surface area contributed by atoms with E-state index in [0.29, 0.717) is 35.4 Å². The zero-order valence-electron chi connectivity index (χ0n) is 10.1. The van der Waals surface area contributed by atoms with Gasteiger partial charge in [-0.2, -0.15) is 0 Å². The fourth-order valence-corrected chi connectivity index (χ4v) is 1.68. The Morgan fingerprint density at radius 1 is 1.39 bits per heavy atom. The number of nitrogens with zero attached hydrogens (tertiary/aromatic N) is 1. The molecule has 0 unspecified atom stereocenters. The van der Waals surface area contributed by atoms with E-state index in [1.807, 2.05) is 6.92 Å². The van der Waals surface area contributed by atoms with E-state index in [-0.39, 0.29) is 11.7 Å². The van der Waals surface area contributed by atoms with Crippen LogP contribution in [-0.4, -0.2) is 24.0 Å². The number of anilines is 2. The number of rotatable bonds is 6. The Morgan fingerprint density at radius 3 is 2.78 bits per heavy atom. The quantitative estimate of drug-likeness (QED) is 0.751. The Balaban J connectivity index is 2.44. The fraction of sp³-hybridized carbons (Fsp3) is 0.455. The van der Waals surface area contributed by atoms with Gasteiger partial charge >= 0.3 is 0 Å². The van der Waals surface area contributed by atoms with E-state index in [2.05, 4.69) is 15.6 Å². The first-order valence-corrected chi connectivity index (χ1v) is 6.42. The van der Waals surface area contributed by atoms with Crippen LogP contribution in [0.5, 0.6) is 0 Å². The highest BCUT2D eigenvalue weighted by atomic mass is 35.5. The molecule has 0 spiro atoms. The number of carbonyl (C=O) groups is 1. The van der Waals surface area contributed by atoms with Gasteiger partial charge in [0, 0.05) is 19.5 Å². The number of nitrogens with one attached hydrogen (secondary N) is 2. The van der Waals surface area contributed by atoms with E-state index in [1.54, 1.807) is 0 Å². The second kappa shape index (κ2) is 7.28. The van der Waals surface area contributed by atoms with Crippen LogP contribution in [0.2, 0.25) is 10.0 Å². The molecule has 0 fully saturated rings. The molecule has 0 aliphatic rings. The maximum atomic E-state index is 11.3. The van der Waals surface area contributed by atoms with Gasteiger partial charge in [0.2, 0.25) is 5.91 Å². The van der Waals surface area contributed by atoms with Gasteiger partial charge in [0.1, 0.15) is 11.6 Å². The molecule has 0 atom stereocenters. The van der Waals surface area contributed by atoms with Gasteiger partial charge in [0.25, 0.3) is 0 Å². The summed E-state index contributed by atoms with van der Waals surface area (Å²) in [5.41, 5.74) is 5.57. The molecule has 0 radical (unpaired) electrons. The van der Waals surface area contributed by atoms with Crippen molar-refractivity contribution in [3.05, 3.63) is 16.1 Å². The maximum absolute atomic E-state index is 11.3. The molecule has 0 aliphatic heterocycles. The summed E-state index contributed by atoms with van der Waals surface area (Å²) in [6, 6.07) is 1.52. The molecule has 7 heteroatoms. The van der Waals surface area contributed by atoms with E-state index in [9.17, 15) is 4.79 Å². The van der Waals surface area contributed by atoms with Crippen molar-refractivity contribution in [1.29, 1.82) is 0 Å². The van der Waals surface area contributed by atoms with Gasteiger partial charge in [0.05, 0.1) is 10.0 Å². The summed E-state index contributed by atoms with van der Waals surface area (Å²) < 4.78 is 0. The number of hydrogen-bond donors (Lipinski definition) is 3. The van der Waals surface area contributed by atoms with Crippen LogP contribution in [0.25, 0.3) is 0 Å². The average molecular weight is 291 g/mol. The molecule has 1 amide bonds. The van der Waals surface area contributed by atoms with Gasteiger partial charge in [-0.15, -0.1) is 0 Å². The third-order valence-corrected chi connectivity index (χ3v) is 2.76. The van der Waals surface area contributed by atoms with Crippen LogP contribution in [0, 0.1) is 0 Å². The van der Waals surface area contributed by atoms with Crippen molar-refractivity contribution >= 4 is 40.7 Å². The molecule has 100 valence electrons. The minimum Gasteiger partial charge on any atom is -0.382 e. The SMILES string of the molecule is CCCNC(=O)CCNc1nc(N)c(Cl)cc1Cl. The van der Waals surface area contributed by atoms with E-state index in [4.69, 9.17) is 28.9 Å². The zero-order chi connectivity index (χ0) is 13.5. The lowest BCUT2D eigenvalue weighted by Crippen LogP contribution is -2.26. The fourth-order valence-electron chi connectivity index (χ4n) is 1.25. The molecule has 1 heterocycles. The highest BCUT2D eigenvalue weighted by Gasteiger charge is 2.07. The maximum Gasteiger partial charge on any atom is 0.221 e. The molecule has 0 aliphatic carbocycles. The molecule has 1 rings (SSSR count). The van der Waals surface area contributed by atoms with E-state index < -0.39 is 0 Å². The third kappa shape index (κ3) is 4.58. The van der Waals surface area contributed by atoms with Crippen LogP contribution in [-0.2, 0) is 4.79 Å². The summed E-state index contributed by atoms with van der Waals surface area (Å²) in [6.07, 6.45) is 1.26.